The van der Waals surface area contributed by atoms with E-state index in [1.54, 1.807) is 0 Å². The number of aryl methyl sites for hydroxylation is 1. The molecule has 0 heterocycles. The van der Waals surface area contributed by atoms with Crippen molar-refractivity contribution in [3.8, 4) is 0 Å². The van der Waals surface area contributed by atoms with Crippen molar-refractivity contribution in [1.82, 2.24) is 4.90 Å². The minimum Gasteiger partial charge on any atom is -0.399 e. The van der Waals surface area contributed by atoms with Gasteiger partial charge in [0, 0.05) is 24.7 Å². The highest BCUT2D eigenvalue weighted by Crippen LogP contribution is 2.24. The lowest BCUT2D eigenvalue weighted by molar-refractivity contribution is -0.132. The zero-order valence-corrected chi connectivity index (χ0v) is 12.1. The molecule has 3 heteroatoms. The summed E-state index contributed by atoms with van der Waals surface area (Å²) in [6.45, 7) is 4.44. The third kappa shape index (κ3) is 3.86. The maximum absolute atomic E-state index is 12.4. The number of carbonyl (C=O) groups excluding carboxylic acids is 1. The van der Waals surface area contributed by atoms with E-state index in [0.717, 1.165) is 30.5 Å². The number of nitrogens with zero attached hydrogens (tertiary/aromatic N) is 1. The molecule has 0 aromatic heterocycles. The van der Waals surface area contributed by atoms with E-state index in [0.29, 0.717) is 19.0 Å². The van der Waals surface area contributed by atoms with Gasteiger partial charge in [-0.2, -0.15) is 0 Å². The van der Waals surface area contributed by atoms with E-state index in [1.165, 1.54) is 12.8 Å². The molecule has 3 nitrogen and oxygen atoms in total. The first-order valence-corrected chi connectivity index (χ1v) is 7.45. The average Bonchev–Trinajstić information content (AvgIpc) is 2.96. The molecule has 0 aliphatic heterocycles. The van der Waals surface area contributed by atoms with Gasteiger partial charge in [-0.3, -0.25) is 4.79 Å². The molecule has 2 rings (SSSR count). The van der Waals surface area contributed by atoms with E-state index in [1.807, 2.05) is 35.2 Å². The molecule has 0 radical (unpaired) electrons. The van der Waals surface area contributed by atoms with Crippen molar-refractivity contribution >= 4 is 11.6 Å². The summed E-state index contributed by atoms with van der Waals surface area (Å²) in [6.07, 6.45) is 7.88. The van der Waals surface area contributed by atoms with Crippen LogP contribution in [0.2, 0.25) is 0 Å². The van der Waals surface area contributed by atoms with E-state index in [2.05, 4.69) is 6.58 Å². The van der Waals surface area contributed by atoms with Crippen LogP contribution in [-0.2, 0) is 11.2 Å². The largest absolute Gasteiger partial charge is 0.399 e. The van der Waals surface area contributed by atoms with Gasteiger partial charge in [0.1, 0.15) is 0 Å². The number of benzene rings is 1. The molecule has 0 unspecified atom stereocenters. The van der Waals surface area contributed by atoms with Crippen LogP contribution in [0.15, 0.2) is 36.9 Å². The summed E-state index contributed by atoms with van der Waals surface area (Å²) in [4.78, 5) is 14.4. The SMILES string of the molecule is C=CCN(C(=O)CCc1cccc(N)c1)C1CCCC1. The number of amides is 1. The molecule has 1 fully saturated rings. The minimum absolute atomic E-state index is 0.235. The Morgan fingerprint density at radius 2 is 2.15 bits per heavy atom. The van der Waals surface area contributed by atoms with Gasteiger partial charge < -0.3 is 10.6 Å². The van der Waals surface area contributed by atoms with Crippen LogP contribution >= 0.6 is 0 Å². The molecule has 20 heavy (non-hydrogen) atoms. The van der Waals surface area contributed by atoms with Gasteiger partial charge in [0.2, 0.25) is 5.91 Å². The Hall–Kier alpha value is -1.77. The molecule has 1 aliphatic carbocycles. The van der Waals surface area contributed by atoms with Crippen molar-refractivity contribution in [2.45, 2.75) is 44.6 Å². The van der Waals surface area contributed by atoms with Gasteiger partial charge >= 0.3 is 0 Å². The van der Waals surface area contributed by atoms with Crippen LogP contribution in [-0.4, -0.2) is 23.4 Å². The lowest BCUT2D eigenvalue weighted by atomic mass is 10.1. The summed E-state index contributed by atoms with van der Waals surface area (Å²) in [6, 6.07) is 8.19. The Kier molecular flexibility index (Phi) is 5.22. The number of hydrogen-bond donors (Lipinski definition) is 1. The van der Waals surface area contributed by atoms with Crippen LogP contribution in [0, 0.1) is 0 Å². The van der Waals surface area contributed by atoms with Crippen molar-refractivity contribution < 1.29 is 4.79 Å². The van der Waals surface area contributed by atoms with Crippen LogP contribution in [0.25, 0.3) is 0 Å². The maximum atomic E-state index is 12.4. The minimum atomic E-state index is 0.235. The van der Waals surface area contributed by atoms with E-state index in [4.69, 9.17) is 5.73 Å². The van der Waals surface area contributed by atoms with Gasteiger partial charge in [0.15, 0.2) is 0 Å². The molecule has 2 N–H and O–H groups in total. The predicted molar refractivity (Wildman–Crippen MR) is 83.3 cm³/mol. The van der Waals surface area contributed by atoms with Crippen LogP contribution in [0.5, 0.6) is 0 Å². The molecule has 1 aromatic carbocycles. The van der Waals surface area contributed by atoms with Gasteiger partial charge in [-0.05, 0) is 37.0 Å². The standard InChI is InChI=1S/C17H24N2O/c1-2-12-19(16-8-3-4-9-16)17(20)11-10-14-6-5-7-15(18)13-14/h2,5-7,13,16H,1,3-4,8-12,18H2. The number of carbonyl (C=O) groups is 1. The molecule has 0 bridgehead atoms. The predicted octanol–water partition coefficient (Wildman–Crippen LogP) is 3.16. The molecule has 0 saturated heterocycles. The van der Waals surface area contributed by atoms with Crippen molar-refractivity contribution in [3.63, 3.8) is 0 Å². The average molecular weight is 272 g/mol. The Balaban J connectivity index is 1.92. The van der Waals surface area contributed by atoms with E-state index in [9.17, 15) is 4.79 Å². The summed E-state index contributed by atoms with van der Waals surface area (Å²) in [5.74, 6) is 0.235. The zero-order chi connectivity index (χ0) is 14.4. The summed E-state index contributed by atoms with van der Waals surface area (Å²) in [7, 11) is 0. The third-order valence-corrected chi connectivity index (χ3v) is 3.99. The fourth-order valence-electron chi connectivity index (χ4n) is 2.95. The van der Waals surface area contributed by atoms with Crippen molar-refractivity contribution in [1.29, 1.82) is 0 Å². The van der Waals surface area contributed by atoms with Gasteiger partial charge in [-0.1, -0.05) is 31.1 Å². The number of anilines is 1. The lowest BCUT2D eigenvalue weighted by Crippen LogP contribution is -2.39. The summed E-state index contributed by atoms with van der Waals surface area (Å²) < 4.78 is 0. The summed E-state index contributed by atoms with van der Waals surface area (Å²) in [5.41, 5.74) is 7.65. The smallest absolute Gasteiger partial charge is 0.223 e. The highest BCUT2D eigenvalue weighted by atomic mass is 16.2. The normalized spacial score (nSPS) is 15.2. The summed E-state index contributed by atoms with van der Waals surface area (Å²) >= 11 is 0. The Labute approximate surface area is 121 Å². The van der Waals surface area contributed by atoms with E-state index < -0.39 is 0 Å². The maximum Gasteiger partial charge on any atom is 0.223 e. The highest BCUT2D eigenvalue weighted by molar-refractivity contribution is 5.77. The zero-order valence-electron chi connectivity index (χ0n) is 12.1. The number of rotatable bonds is 6. The molecular formula is C17H24N2O. The molecular weight excluding hydrogens is 248 g/mol. The first-order valence-electron chi connectivity index (χ1n) is 7.45. The monoisotopic (exact) mass is 272 g/mol. The highest BCUT2D eigenvalue weighted by Gasteiger charge is 2.25. The Morgan fingerprint density at radius 3 is 2.80 bits per heavy atom. The molecule has 1 aliphatic rings. The Morgan fingerprint density at radius 1 is 1.40 bits per heavy atom. The molecule has 1 saturated carbocycles. The van der Waals surface area contributed by atoms with Crippen molar-refractivity contribution in [2.24, 2.45) is 0 Å². The molecule has 1 aromatic rings. The van der Waals surface area contributed by atoms with Crippen molar-refractivity contribution in [2.75, 3.05) is 12.3 Å². The fraction of sp³-hybridized carbons (Fsp3) is 0.471. The number of nitrogens with two attached hydrogens (primary N) is 1. The van der Waals surface area contributed by atoms with Crippen molar-refractivity contribution in [3.05, 3.63) is 42.5 Å². The fourth-order valence-corrected chi connectivity index (χ4v) is 2.95. The third-order valence-electron chi connectivity index (χ3n) is 3.99. The van der Waals surface area contributed by atoms with E-state index in [-0.39, 0.29) is 5.91 Å². The molecule has 1 amide bonds. The first-order chi connectivity index (χ1) is 9.70. The van der Waals surface area contributed by atoms with Crippen LogP contribution < -0.4 is 5.73 Å². The second kappa shape index (κ2) is 7.13. The van der Waals surface area contributed by atoms with E-state index >= 15 is 0 Å². The molecule has 0 spiro atoms. The quantitative estimate of drug-likeness (QED) is 0.638. The van der Waals surface area contributed by atoms with Crippen LogP contribution in [0.3, 0.4) is 0 Å². The van der Waals surface area contributed by atoms with Gasteiger partial charge in [-0.15, -0.1) is 6.58 Å². The molecule has 0 atom stereocenters. The number of hydrogen-bond acceptors (Lipinski definition) is 2. The van der Waals surface area contributed by atoms with Crippen LogP contribution in [0.4, 0.5) is 5.69 Å². The Bertz CT molecular complexity index is 464. The summed E-state index contributed by atoms with van der Waals surface area (Å²) in [5, 5.41) is 0. The van der Waals surface area contributed by atoms with Gasteiger partial charge in [-0.25, -0.2) is 0 Å². The topological polar surface area (TPSA) is 46.3 Å². The lowest BCUT2D eigenvalue weighted by Gasteiger charge is -2.28. The molecule has 108 valence electrons. The second-order valence-corrected chi connectivity index (χ2v) is 5.52. The first kappa shape index (κ1) is 14.6. The van der Waals surface area contributed by atoms with Gasteiger partial charge in [0.25, 0.3) is 0 Å². The number of nitrogen functional groups attached to an aromatic ring is 1. The van der Waals surface area contributed by atoms with Gasteiger partial charge in [0.05, 0.1) is 0 Å². The van der Waals surface area contributed by atoms with Crippen LogP contribution in [0.1, 0.15) is 37.7 Å². The second-order valence-electron chi connectivity index (χ2n) is 5.52.